The van der Waals surface area contributed by atoms with Crippen molar-refractivity contribution in [3.05, 3.63) is 71.4 Å². The average Bonchev–Trinajstić information content (AvgIpc) is 2.56. The first-order valence-electron chi connectivity index (χ1n) is 7.59. The minimum absolute atomic E-state index is 0.163. The van der Waals surface area contributed by atoms with Crippen LogP contribution in [0.1, 0.15) is 16.8 Å². The van der Waals surface area contributed by atoms with E-state index in [0.29, 0.717) is 22.6 Å². The minimum atomic E-state index is -4.41. The van der Waals surface area contributed by atoms with Crippen LogP contribution in [0, 0.1) is 13.8 Å². The Hall–Kier alpha value is -2.89. The number of halogens is 3. The summed E-state index contributed by atoms with van der Waals surface area (Å²) in [6, 6.07) is 14.1. The van der Waals surface area contributed by atoms with Gasteiger partial charge >= 0.3 is 6.18 Å². The molecular weight excluding hydrogens is 329 g/mol. The van der Waals surface area contributed by atoms with Gasteiger partial charge in [0.05, 0.1) is 11.3 Å². The highest BCUT2D eigenvalue weighted by Crippen LogP contribution is 2.36. The van der Waals surface area contributed by atoms with Crippen molar-refractivity contribution >= 4 is 0 Å². The first-order valence-corrected chi connectivity index (χ1v) is 7.59. The fourth-order valence-corrected chi connectivity index (χ4v) is 2.41. The minimum Gasteiger partial charge on any atom is -0.437 e. The van der Waals surface area contributed by atoms with Crippen LogP contribution in [-0.4, -0.2) is 10.2 Å². The zero-order valence-corrected chi connectivity index (χ0v) is 13.6. The molecule has 0 N–H and O–H groups in total. The van der Waals surface area contributed by atoms with Crippen LogP contribution in [0.3, 0.4) is 0 Å². The topological polar surface area (TPSA) is 35.0 Å². The van der Waals surface area contributed by atoms with E-state index in [4.69, 9.17) is 4.74 Å². The maximum Gasteiger partial charge on any atom is 0.416 e. The molecule has 3 nitrogen and oxygen atoms in total. The smallest absolute Gasteiger partial charge is 0.416 e. The molecule has 128 valence electrons. The average molecular weight is 344 g/mol. The van der Waals surface area contributed by atoms with E-state index in [-0.39, 0.29) is 5.88 Å². The van der Waals surface area contributed by atoms with Crippen LogP contribution in [0.2, 0.25) is 0 Å². The molecule has 0 spiro atoms. The summed E-state index contributed by atoms with van der Waals surface area (Å²) in [4.78, 5) is 0. The molecule has 3 rings (SSSR count). The van der Waals surface area contributed by atoms with Crippen molar-refractivity contribution in [2.45, 2.75) is 20.0 Å². The summed E-state index contributed by atoms with van der Waals surface area (Å²) < 4.78 is 44.8. The summed E-state index contributed by atoms with van der Waals surface area (Å²) >= 11 is 0. The number of aryl methyl sites for hydroxylation is 2. The molecule has 0 unspecified atom stereocenters. The van der Waals surface area contributed by atoms with Gasteiger partial charge in [-0.15, -0.1) is 5.10 Å². The monoisotopic (exact) mass is 344 g/mol. The Bertz CT molecular complexity index is 907. The molecule has 0 bridgehead atoms. The Morgan fingerprint density at radius 3 is 2.36 bits per heavy atom. The SMILES string of the molecule is Cc1cccc(Oc2nnc(C)cc2-c2cccc(C(F)(F)F)c2)c1. The Morgan fingerprint density at radius 1 is 0.880 bits per heavy atom. The van der Waals surface area contributed by atoms with Gasteiger partial charge in [0.15, 0.2) is 0 Å². The number of aromatic nitrogens is 2. The van der Waals surface area contributed by atoms with Gasteiger partial charge in [-0.3, -0.25) is 0 Å². The lowest BCUT2D eigenvalue weighted by atomic mass is 10.0. The molecule has 1 aromatic heterocycles. The van der Waals surface area contributed by atoms with E-state index in [1.807, 2.05) is 25.1 Å². The van der Waals surface area contributed by atoms with Gasteiger partial charge in [0.25, 0.3) is 0 Å². The van der Waals surface area contributed by atoms with Gasteiger partial charge in [0.2, 0.25) is 5.88 Å². The third kappa shape index (κ3) is 3.96. The van der Waals surface area contributed by atoms with Crippen LogP contribution in [0.15, 0.2) is 54.6 Å². The second kappa shape index (κ2) is 6.55. The molecule has 0 aliphatic carbocycles. The van der Waals surface area contributed by atoms with Crippen LogP contribution >= 0.6 is 0 Å². The van der Waals surface area contributed by atoms with Crippen molar-refractivity contribution in [1.29, 1.82) is 0 Å². The number of ether oxygens (including phenoxy) is 1. The normalized spacial score (nSPS) is 11.4. The largest absolute Gasteiger partial charge is 0.437 e. The van der Waals surface area contributed by atoms with Gasteiger partial charge in [-0.25, -0.2) is 0 Å². The zero-order chi connectivity index (χ0) is 18.0. The summed E-state index contributed by atoms with van der Waals surface area (Å²) in [6.07, 6.45) is -4.41. The molecule has 0 saturated heterocycles. The number of benzene rings is 2. The maximum atomic E-state index is 13.0. The molecule has 0 fully saturated rings. The van der Waals surface area contributed by atoms with Crippen molar-refractivity contribution < 1.29 is 17.9 Å². The number of hydrogen-bond donors (Lipinski definition) is 0. The molecule has 1 heterocycles. The second-order valence-electron chi connectivity index (χ2n) is 5.70. The Balaban J connectivity index is 2.06. The molecular formula is C19H15F3N2O. The first-order chi connectivity index (χ1) is 11.8. The van der Waals surface area contributed by atoms with Crippen molar-refractivity contribution in [2.24, 2.45) is 0 Å². The van der Waals surface area contributed by atoms with Crippen LogP contribution in [0.4, 0.5) is 13.2 Å². The van der Waals surface area contributed by atoms with Crippen molar-refractivity contribution in [2.75, 3.05) is 0 Å². The van der Waals surface area contributed by atoms with Crippen LogP contribution < -0.4 is 4.74 Å². The van der Waals surface area contributed by atoms with Gasteiger partial charge < -0.3 is 4.74 Å². The van der Waals surface area contributed by atoms with Crippen LogP contribution in [0.5, 0.6) is 11.6 Å². The van der Waals surface area contributed by atoms with Gasteiger partial charge in [-0.1, -0.05) is 24.3 Å². The van der Waals surface area contributed by atoms with E-state index in [1.54, 1.807) is 25.1 Å². The number of hydrogen-bond acceptors (Lipinski definition) is 3. The Kier molecular flexibility index (Phi) is 4.44. The molecule has 25 heavy (non-hydrogen) atoms. The van der Waals surface area contributed by atoms with E-state index in [0.717, 1.165) is 17.7 Å². The lowest BCUT2D eigenvalue weighted by Gasteiger charge is -2.12. The Labute approximate surface area is 143 Å². The maximum absolute atomic E-state index is 13.0. The summed E-state index contributed by atoms with van der Waals surface area (Å²) in [7, 11) is 0. The van der Waals surface area contributed by atoms with Gasteiger partial charge in [-0.05, 0) is 55.3 Å². The highest BCUT2D eigenvalue weighted by atomic mass is 19.4. The van der Waals surface area contributed by atoms with Crippen LogP contribution in [0.25, 0.3) is 11.1 Å². The van der Waals surface area contributed by atoms with Crippen molar-refractivity contribution in [3.8, 4) is 22.8 Å². The van der Waals surface area contributed by atoms with Crippen molar-refractivity contribution in [1.82, 2.24) is 10.2 Å². The fourth-order valence-electron chi connectivity index (χ4n) is 2.41. The molecule has 2 aromatic carbocycles. The van der Waals surface area contributed by atoms with Crippen molar-refractivity contribution in [3.63, 3.8) is 0 Å². The van der Waals surface area contributed by atoms with Gasteiger partial charge in [0.1, 0.15) is 5.75 Å². The summed E-state index contributed by atoms with van der Waals surface area (Å²) in [5.41, 5.74) is 1.69. The number of rotatable bonds is 3. The zero-order valence-electron chi connectivity index (χ0n) is 13.6. The molecule has 0 atom stereocenters. The van der Waals surface area contributed by atoms with Gasteiger partial charge in [-0.2, -0.15) is 18.3 Å². The summed E-state index contributed by atoms with van der Waals surface area (Å²) in [5, 5.41) is 7.98. The quantitative estimate of drug-likeness (QED) is 0.623. The van der Waals surface area contributed by atoms with Gasteiger partial charge in [0, 0.05) is 5.56 Å². The predicted molar refractivity (Wildman–Crippen MR) is 88.5 cm³/mol. The van der Waals surface area contributed by atoms with E-state index >= 15 is 0 Å². The highest BCUT2D eigenvalue weighted by molar-refractivity contribution is 5.69. The Morgan fingerprint density at radius 2 is 1.64 bits per heavy atom. The number of nitrogens with zero attached hydrogens (tertiary/aromatic N) is 2. The lowest BCUT2D eigenvalue weighted by Crippen LogP contribution is -2.05. The molecule has 0 aliphatic rings. The standard InChI is InChI=1S/C19H15F3N2O/c1-12-5-3-8-16(9-12)25-18-17(10-13(2)23-24-18)14-6-4-7-15(11-14)19(20,21)22/h3-11H,1-2H3. The summed E-state index contributed by atoms with van der Waals surface area (Å²) in [5.74, 6) is 0.710. The second-order valence-corrected chi connectivity index (χ2v) is 5.70. The fraction of sp³-hybridized carbons (Fsp3) is 0.158. The summed E-state index contributed by atoms with van der Waals surface area (Å²) in [6.45, 7) is 3.64. The molecule has 0 aliphatic heterocycles. The van der Waals surface area contributed by atoms with E-state index in [1.165, 1.54) is 6.07 Å². The van der Waals surface area contributed by atoms with E-state index < -0.39 is 11.7 Å². The van der Waals surface area contributed by atoms with Crippen LogP contribution in [-0.2, 0) is 6.18 Å². The number of alkyl halides is 3. The first kappa shape index (κ1) is 17.0. The molecule has 0 amide bonds. The van der Waals surface area contributed by atoms with E-state index in [9.17, 15) is 13.2 Å². The van der Waals surface area contributed by atoms with E-state index in [2.05, 4.69) is 10.2 Å². The lowest BCUT2D eigenvalue weighted by molar-refractivity contribution is -0.137. The molecule has 3 aromatic rings. The molecule has 6 heteroatoms. The molecule has 0 radical (unpaired) electrons. The third-order valence-electron chi connectivity index (χ3n) is 3.59. The molecule has 0 saturated carbocycles. The predicted octanol–water partition coefficient (Wildman–Crippen LogP) is 5.57. The third-order valence-corrected chi connectivity index (χ3v) is 3.59. The highest BCUT2D eigenvalue weighted by Gasteiger charge is 2.30.